The highest BCUT2D eigenvalue weighted by atomic mass is 19.1. The first-order valence-electron chi connectivity index (χ1n) is 10.2. The molecule has 34 heavy (non-hydrogen) atoms. The molecule has 1 aromatic heterocycles. The number of aromatic nitrogens is 1. The Bertz CT molecular complexity index is 1350. The summed E-state index contributed by atoms with van der Waals surface area (Å²) in [6.07, 6.45) is 1.46. The van der Waals surface area contributed by atoms with E-state index in [4.69, 9.17) is 4.74 Å². The van der Waals surface area contributed by atoms with Gasteiger partial charge < -0.3 is 20.3 Å². The van der Waals surface area contributed by atoms with Crippen molar-refractivity contribution in [3.8, 4) is 33.8 Å². The topological polar surface area (TPSA) is 109 Å². The molecule has 170 valence electrons. The van der Waals surface area contributed by atoms with E-state index in [0.717, 1.165) is 0 Å². The van der Waals surface area contributed by atoms with Crippen LogP contribution in [-0.2, 0) is 0 Å². The van der Waals surface area contributed by atoms with Gasteiger partial charge in [-0.05, 0) is 59.7 Å². The number of ether oxygens (including phenoxy) is 1. The molecule has 0 spiro atoms. The molecular formula is C26H19FN2O5. The zero-order chi connectivity index (χ0) is 24.2. The van der Waals surface area contributed by atoms with E-state index in [1.165, 1.54) is 42.6 Å². The number of hydrogen-bond acceptors (Lipinski definition) is 5. The Kier molecular flexibility index (Phi) is 6.22. The third-order valence-corrected chi connectivity index (χ3v) is 5.17. The fourth-order valence-corrected chi connectivity index (χ4v) is 3.56. The molecule has 3 aromatic carbocycles. The summed E-state index contributed by atoms with van der Waals surface area (Å²) in [5, 5.41) is 21.8. The van der Waals surface area contributed by atoms with Crippen LogP contribution in [0.3, 0.4) is 0 Å². The summed E-state index contributed by atoms with van der Waals surface area (Å²) >= 11 is 0. The maximum absolute atomic E-state index is 13.1. The van der Waals surface area contributed by atoms with Gasteiger partial charge in [0.1, 0.15) is 17.3 Å². The zero-order valence-electron chi connectivity index (χ0n) is 17.9. The molecule has 4 aromatic rings. The van der Waals surface area contributed by atoms with Gasteiger partial charge in [-0.2, -0.15) is 0 Å². The van der Waals surface area contributed by atoms with Gasteiger partial charge in [0.25, 0.3) is 0 Å². The second kappa shape index (κ2) is 9.41. The molecule has 0 atom stereocenters. The highest BCUT2D eigenvalue weighted by Crippen LogP contribution is 2.40. The third kappa shape index (κ3) is 4.56. The first-order valence-corrected chi connectivity index (χ1v) is 10.2. The van der Waals surface area contributed by atoms with E-state index < -0.39 is 11.9 Å². The second-order valence-corrected chi connectivity index (χ2v) is 7.29. The molecule has 4 rings (SSSR count). The van der Waals surface area contributed by atoms with Crippen LogP contribution in [-0.4, -0.2) is 34.2 Å². The minimum atomic E-state index is -1.19. The molecule has 1 heterocycles. The molecule has 0 radical (unpaired) electrons. The number of carboxylic acids is 2. The van der Waals surface area contributed by atoms with Crippen molar-refractivity contribution in [1.82, 2.24) is 4.98 Å². The van der Waals surface area contributed by atoms with Crippen LogP contribution in [0.4, 0.5) is 10.1 Å². The van der Waals surface area contributed by atoms with E-state index in [1.807, 2.05) is 0 Å². The molecule has 0 aliphatic rings. The smallest absolute Gasteiger partial charge is 0.356 e. The molecule has 0 fully saturated rings. The van der Waals surface area contributed by atoms with Crippen LogP contribution in [0.5, 0.6) is 11.5 Å². The molecule has 7 nitrogen and oxygen atoms in total. The summed E-state index contributed by atoms with van der Waals surface area (Å²) in [4.78, 5) is 27.1. The van der Waals surface area contributed by atoms with Gasteiger partial charge in [0.2, 0.25) is 0 Å². The number of benzene rings is 3. The minimum absolute atomic E-state index is 0.136. The number of nitrogens with one attached hydrogen (secondary N) is 1. The normalized spacial score (nSPS) is 10.5. The molecule has 0 amide bonds. The van der Waals surface area contributed by atoms with Gasteiger partial charge in [-0.25, -0.2) is 19.0 Å². The summed E-state index contributed by atoms with van der Waals surface area (Å²) in [5.74, 6) is -1.60. The van der Waals surface area contributed by atoms with Gasteiger partial charge in [-0.3, -0.25) is 0 Å². The summed E-state index contributed by atoms with van der Waals surface area (Å²) in [6, 6.07) is 18.9. The number of nitrogens with zero attached hydrogens (tertiary/aromatic N) is 1. The maximum atomic E-state index is 13.1. The number of halogens is 1. The fraction of sp³-hybridized carbons (Fsp3) is 0.0385. The van der Waals surface area contributed by atoms with Crippen LogP contribution in [0.1, 0.15) is 20.8 Å². The Morgan fingerprint density at radius 3 is 1.91 bits per heavy atom. The SMILES string of the molecule is CNc1c(C(=O)O)ncc(-c2ccc(C(=O)O)cc2)c1-c1ccc(Oc2ccc(F)cc2)cc1. The van der Waals surface area contributed by atoms with Gasteiger partial charge in [-0.15, -0.1) is 0 Å². The number of anilines is 1. The second-order valence-electron chi connectivity index (χ2n) is 7.29. The van der Waals surface area contributed by atoms with Gasteiger partial charge in [0.05, 0.1) is 11.3 Å². The number of rotatable bonds is 7. The Morgan fingerprint density at radius 1 is 0.824 bits per heavy atom. The van der Waals surface area contributed by atoms with E-state index in [1.54, 1.807) is 43.4 Å². The standard InChI is InChI=1S/C26H19FN2O5/c1-28-23-22(16-6-10-19(11-7-16)34-20-12-8-18(27)9-13-20)21(14-29-24(23)26(32)33)15-2-4-17(5-3-15)25(30)31/h2-14,28H,1H3,(H,30,31)(H,32,33). The number of hydrogen-bond donors (Lipinski definition) is 3. The van der Waals surface area contributed by atoms with Crippen LogP contribution in [0.25, 0.3) is 22.3 Å². The van der Waals surface area contributed by atoms with Crippen LogP contribution >= 0.6 is 0 Å². The minimum Gasteiger partial charge on any atom is -0.478 e. The van der Waals surface area contributed by atoms with Crippen LogP contribution in [0, 0.1) is 5.82 Å². The highest BCUT2D eigenvalue weighted by Gasteiger charge is 2.21. The zero-order valence-corrected chi connectivity index (χ0v) is 17.9. The highest BCUT2D eigenvalue weighted by molar-refractivity contribution is 6.02. The third-order valence-electron chi connectivity index (χ3n) is 5.17. The molecule has 0 aliphatic carbocycles. The van der Waals surface area contributed by atoms with E-state index in [9.17, 15) is 24.2 Å². The van der Waals surface area contributed by atoms with Crippen molar-refractivity contribution in [3.63, 3.8) is 0 Å². The number of carboxylic acid groups (broad SMARTS) is 2. The quantitative estimate of drug-likeness (QED) is 0.322. The molecule has 0 saturated carbocycles. The fourth-order valence-electron chi connectivity index (χ4n) is 3.56. The Hall–Kier alpha value is -4.72. The predicted octanol–water partition coefficient (Wildman–Crippen LogP) is 5.79. The molecule has 8 heteroatoms. The summed E-state index contributed by atoms with van der Waals surface area (Å²) in [6.45, 7) is 0. The number of pyridine rings is 1. The average molecular weight is 458 g/mol. The van der Waals surface area contributed by atoms with Crippen molar-refractivity contribution >= 4 is 17.6 Å². The lowest BCUT2D eigenvalue weighted by molar-refractivity contribution is 0.0683. The van der Waals surface area contributed by atoms with Crippen molar-refractivity contribution in [1.29, 1.82) is 0 Å². The van der Waals surface area contributed by atoms with Crippen molar-refractivity contribution in [3.05, 3.63) is 96.1 Å². The van der Waals surface area contributed by atoms with Gasteiger partial charge >= 0.3 is 11.9 Å². The van der Waals surface area contributed by atoms with Crippen LogP contribution < -0.4 is 10.1 Å². The van der Waals surface area contributed by atoms with Crippen molar-refractivity contribution in [2.24, 2.45) is 0 Å². The number of carbonyl (C=O) groups is 2. The van der Waals surface area contributed by atoms with Gasteiger partial charge in [0, 0.05) is 24.4 Å². The van der Waals surface area contributed by atoms with E-state index in [-0.39, 0.29) is 17.1 Å². The van der Waals surface area contributed by atoms with Crippen molar-refractivity contribution < 1.29 is 28.9 Å². The summed E-state index contributed by atoms with van der Waals surface area (Å²) in [7, 11) is 1.61. The molecular weight excluding hydrogens is 439 g/mol. The van der Waals surface area contributed by atoms with E-state index in [2.05, 4.69) is 10.3 Å². The van der Waals surface area contributed by atoms with Gasteiger partial charge in [0.15, 0.2) is 5.69 Å². The Labute approximate surface area is 194 Å². The Morgan fingerprint density at radius 2 is 1.38 bits per heavy atom. The largest absolute Gasteiger partial charge is 0.478 e. The monoisotopic (exact) mass is 458 g/mol. The first kappa shape index (κ1) is 22.5. The molecule has 0 saturated heterocycles. The first-order chi connectivity index (χ1) is 16.4. The number of aromatic carboxylic acids is 2. The van der Waals surface area contributed by atoms with E-state index >= 15 is 0 Å². The lowest BCUT2D eigenvalue weighted by Crippen LogP contribution is -2.08. The maximum Gasteiger partial charge on any atom is 0.356 e. The Balaban J connectivity index is 1.79. The summed E-state index contributed by atoms with van der Waals surface area (Å²) < 4.78 is 18.9. The van der Waals surface area contributed by atoms with E-state index in [0.29, 0.717) is 39.4 Å². The molecule has 3 N–H and O–H groups in total. The van der Waals surface area contributed by atoms with Crippen molar-refractivity contribution in [2.45, 2.75) is 0 Å². The molecule has 0 bridgehead atoms. The predicted molar refractivity (Wildman–Crippen MR) is 125 cm³/mol. The lowest BCUT2D eigenvalue weighted by Gasteiger charge is -2.17. The molecule has 0 aliphatic heterocycles. The van der Waals surface area contributed by atoms with Crippen LogP contribution in [0.15, 0.2) is 79.0 Å². The van der Waals surface area contributed by atoms with Gasteiger partial charge in [-0.1, -0.05) is 24.3 Å². The van der Waals surface area contributed by atoms with Crippen LogP contribution in [0.2, 0.25) is 0 Å². The molecule has 0 unspecified atom stereocenters. The summed E-state index contributed by atoms with van der Waals surface area (Å²) in [5.41, 5.74) is 2.89. The average Bonchev–Trinajstić information content (AvgIpc) is 2.85. The van der Waals surface area contributed by atoms with Crippen molar-refractivity contribution in [2.75, 3.05) is 12.4 Å². The lowest BCUT2D eigenvalue weighted by atomic mass is 9.93.